The Morgan fingerprint density at radius 2 is 1.79 bits per heavy atom. The van der Waals surface area contributed by atoms with Crippen molar-refractivity contribution in [1.82, 2.24) is 0 Å². The third-order valence-electron chi connectivity index (χ3n) is 2.82. The summed E-state index contributed by atoms with van der Waals surface area (Å²) in [5, 5.41) is 9.20. The zero-order chi connectivity index (χ0) is 13.8. The first-order chi connectivity index (χ1) is 9.10. The summed E-state index contributed by atoms with van der Waals surface area (Å²) in [6.45, 7) is 0. The maximum atomic E-state index is 13.9. The van der Waals surface area contributed by atoms with Gasteiger partial charge >= 0.3 is 5.97 Å². The van der Waals surface area contributed by atoms with E-state index in [0.29, 0.717) is 11.1 Å². The van der Waals surface area contributed by atoms with Crippen LogP contribution in [0, 0.1) is 5.82 Å². The minimum Gasteiger partial charge on any atom is -0.508 e. The van der Waals surface area contributed by atoms with Crippen molar-refractivity contribution < 1.29 is 19.0 Å². The Morgan fingerprint density at radius 1 is 1.16 bits per heavy atom. The minimum absolute atomic E-state index is 0.0851. The Bertz CT molecular complexity index is 591. The largest absolute Gasteiger partial charge is 0.508 e. The van der Waals surface area contributed by atoms with Crippen LogP contribution >= 0.6 is 0 Å². The third-order valence-corrected chi connectivity index (χ3v) is 2.82. The molecule has 0 atom stereocenters. The topological polar surface area (TPSA) is 46.5 Å². The van der Waals surface area contributed by atoms with Crippen LogP contribution in [0.3, 0.4) is 0 Å². The predicted molar refractivity (Wildman–Crippen MR) is 69.2 cm³/mol. The number of esters is 1. The van der Waals surface area contributed by atoms with Gasteiger partial charge in [0.2, 0.25) is 0 Å². The Balaban J connectivity index is 2.28. The number of hydrogen-bond acceptors (Lipinski definition) is 3. The Kier molecular flexibility index (Phi) is 3.80. The summed E-state index contributed by atoms with van der Waals surface area (Å²) >= 11 is 0. The molecule has 0 fully saturated rings. The van der Waals surface area contributed by atoms with Crippen molar-refractivity contribution in [2.24, 2.45) is 0 Å². The molecule has 2 aromatic rings. The molecule has 0 aromatic heterocycles. The van der Waals surface area contributed by atoms with Crippen LogP contribution in [0.4, 0.5) is 4.39 Å². The van der Waals surface area contributed by atoms with Crippen molar-refractivity contribution in [3.63, 3.8) is 0 Å². The molecular formula is C15H13FO3. The fourth-order valence-corrected chi connectivity index (χ4v) is 1.75. The van der Waals surface area contributed by atoms with E-state index in [4.69, 9.17) is 0 Å². The summed E-state index contributed by atoms with van der Waals surface area (Å²) in [6, 6.07) is 11.1. The normalized spacial score (nSPS) is 10.2. The van der Waals surface area contributed by atoms with Crippen LogP contribution in [0.1, 0.15) is 5.56 Å². The molecule has 0 amide bonds. The van der Waals surface area contributed by atoms with Crippen molar-refractivity contribution in [3.05, 3.63) is 53.8 Å². The molecule has 0 unspecified atom stereocenters. The van der Waals surface area contributed by atoms with Crippen LogP contribution < -0.4 is 0 Å². The molecule has 1 N–H and O–H groups in total. The molecule has 0 aliphatic rings. The van der Waals surface area contributed by atoms with Gasteiger partial charge in [-0.15, -0.1) is 0 Å². The summed E-state index contributed by atoms with van der Waals surface area (Å²) in [5.41, 5.74) is 1.78. The number of phenolic OH excluding ortho intramolecular Hbond substituents is 1. The van der Waals surface area contributed by atoms with Crippen LogP contribution in [0.5, 0.6) is 5.75 Å². The number of hydrogen-bond donors (Lipinski definition) is 1. The summed E-state index contributed by atoms with van der Waals surface area (Å²) in [4.78, 5) is 11.1. The number of benzene rings is 2. The van der Waals surface area contributed by atoms with E-state index in [2.05, 4.69) is 4.74 Å². The smallest absolute Gasteiger partial charge is 0.310 e. The van der Waals surface area contributed by atoms with E-state index in [0.717, 1.165) is 5.56 Å². The van der Waals surface area contributed by atoms with Gasteiger partial charge < -0.3 is 9.84 Å². The van der Waals surface area contributed by atoms with Gasteiger partial charge in [-0.2, -0.15) is 0 Å². The first-order valence-electron chi connectivity index (χ1n) is 5.75. The highest BCUT2D eigenvalue weighted by molar-refractivity contribution is 5.73. The third kappa shape index (κ3) is 3.10. The molecule has 0 saturated heterocycles. The van der Waals surface area contributed by atoms with E-state index >= 15 is 0 Å². The number of carbonyl (C=O) groups is 1. The highest BCUT2D eigenvalue weighted by Crippen LogP contribution is 2.24. The second-order valence-electron chi connectivity index (χ2n) is 4.11. The zero-order valence-corrected chi connectivity index (χ0v) is 10.4. The van der Waals surface area contributed by atoms with Crippen molar-refractivity contribution in [2.45, 2.75) is 6.42 Å². The summed E-state index contributed by atoms with van der Waals surface area (Å²) in [6.07, 6.45) is -0.0851. The highest BCUT2D eigenvalue weighted by atomic mass is 19.1. The molecule has 2 aromatic carbocycles. The number of aromatic hydroxyl groups is 1. The monoisotopic (exact) mass is 260 g/mol. The second-order valence-corrected chi connectivity index (χ2v) is 4.11. The van der Waals surface area contributed by atoms with Gasteiger partial charge in [0.25, 0.3) is 0 Å². The molecular weight excluding hydrogens is 247 g/mol. The summed E-state index contributed by atoms with van der Waals surface area (Å²) in [7, 11) is 1.27. The molecule has 0 aliphatic heterocycles. The van der Waals surface area contributed by atoms with Crippen LogP contribution in [0.2, 0.25) is 0 Å². The van der Waals surface area contributed by atoms with Gasteiger partial charge in [-0.3, -0.25) is 4.79 Å². The van der Waals surface area contributed by atoms with Gasteiger partial charge in [-0.05, 0) is 34.9 Å². The SMILES string of the molecule is COC(=O)Cc1ccc(-c2ccc(O)cc2)cc1F. The van der Waals surface area contributed by atoms with Crippen LogP contribution in [0.25, 0.3) is 11.1 Å². The lowest BCUT2D eigenvalue weighted by atomic mass is 10.0. The van der Waals surface area contributed by atoms with Gasteiger partial charge in [-0.25, -0.2) is 4.39 Å². The number of carbonyl (C=O) groups excluding carboxylic acids is 1. The number of ether oxygens (including phenoxy) is 1. The van der Waals surface area contributed by atoms with E-state index < -0.39 is 11.8 Å². The average Bonchev–Trinajstić information content (AvgIpc) is 2.41. The first kappa shape index (κ1) is 13.1. The van der Waals surface area contributed by atoms with Gasteiger partial charge in [0.1, 0.15) is 11.6 Å². The van der Waals surface area contributed by atoms with Gasteiger partial charge in [0, 0.05) is 0 Å². The molecule has 0 aliphatic carbocycles. The minimum atomic E-state index is -0.476. The van der Waals surface area contributed by atoms with E-state index in [-0.39, 0.29) is 12.2 Å². The molecule has 3 nitrogen and oxygen atoms in total. The molecule has 98 valence electrons. The van der Waals surface area contributed by atoms with Gasteiger partial charge in [-0.1, -0.05) is 24.3 Å². The van der Waals surface area contributed by atoms with Gasteiger partial charge in [0.15, 0.2) is 0 Å². The maximum Gasteiger partial charge on any atom is 0.310 e. The lowest BCUT2D eigenvalue weighted by molar-refractivity contribution is -0.139. The van der Waals surface area contributed by atoms with Crippen LogP contribution in [-0.4, -0.2) is 18.2 Å². The van der Waals surface area contributed by atoms with E-state index in [1.54, 1.807) is 24.3 Å². The Labute approximate surface area is 110 Å². The van der Waals surface area contributed by atoms with Crippen molar-refractivity contribution in [2.75, 3.05) is 7.11 Å². The number of halogens is 1. The molecule has 0 radical (unpaired) electrons. The van der Waals surface area contributed by atoms with Crippen molar-refractivity contribution in [1.29, 1.82) is 0 Å². The quantitative estimate of drug-likeness (QED) is 0.863. The Morgan fingerprint density at radius 3 is 2.37 bits per heavy atom. The van der Waals surface area contributed by atoms with Crippen molar-refractivity contribution in [3.8, 4) is 16.9 Å². The highest BCUT2D eigenvalue weighted by Gasteiger charge is 2.09. The predicted octanol–water partition coefficient (Wildman–Crippen LogP) is 2.91. The number of rotatable bonds is 3. The molecule has 4 heteroatoms. The first-order valence-corrected chi connectivity index (χ1v) is 5.75. The van der Waals surface area contributed by atoms with Gasteiger partial charge in [0.05, 0.1) is 13.5 Å². The number of phenols is 1. The molecule has 19 heavy (non-hydrogen) atoms. The van der Waals surface area contributed by atoms with Crippen LogP contribution in [0.15, 0.2) is 42.5 Å². The molecule has 2 rings (SSSR count). The molecule has 0 bridgehead atoms. The maximum absolute atomic E-state index is 13.9. The summed E-state index contributed by atoms with van der Waals surface area (Å²) in [5.74, 6) is -0.765. The molecule has 0 heterocycles. The fraction of sp³-hybridized carbons (Fsp3) is 0.133. The van der Waals surface area contributed by atoms with Crippen LogP contribution in [-0.2, 0) is 16.0 Å². The zero-order valence-electron chi connectivity index (χ0n) is 10.4. The molecule has 0 saturated carbocycles. The lowest BCUT2D eigenvalue weighted by Crippen LogP contribution is -2.06. The van der Waals surface area contributed by atoms with E-state index in [1.165, 1.54) is 25.3 Å². The van der Waals surface area contributed by atoms with E-state index in [9.17, 15) is 14.3 Å². The standard InChI is InChI=1S/C15H13FO3/c1-19-15(18)9-12-3-2-11(8-14(12)16)10-4-6-13(17)7-5-10/h2-8,17H,9H2,1H3. The lowest BCUT2D eigenvalue weighted by Gasteiger charge is -2.06. The summed E-state index contributed by atoms with van der Waals surface area (Å²) < 4.78 is 18.4. The average molecular weight is 260 g/mol. The van der Waals surface area contributed by atoms with E-state index in [1.807, 2.05) is 0 Å². The van der Waals surface area contributed by atoms with Crippen molar-refractivity contribution >= 4 is 5.97 Å². The Hall–Kier alpha value is -2.36. The number of methoxy groups -OCH3 is 1. The molecule has 0 spiro atoms. The fourth-order valence-electron chi connectivity index (χ4n) is 1.75. The second kappa shape index (κ2) is 5.52.